The molecule has 1 fully saturated rings. The van der Waals surface area contributed by atoms with E-state index in [1.165, 1.54) is 11.3 Å². The van der Waals surface area contributed by atoms with Gasteiger partial charge in [-0.15, -0.1) is 24.0 Å². The summed E-state index contributed by atoms with van der Waals surface area (Å²) < 4.78 is 0. The van der Waals surface area contributed by atoms with Crippen LogP contribution >= 0.6 is 24.0 Å². The van der Waals surface area contributed by atoms with Crippen molar-refractivity contribution in [1.82, 2.24) is 15.5 Å². The average Bonchev–Trinajstić information content (AvgIpc) is 3.18. The predicted octanol–water partition coefficient (Wildman–Crippen LogP) is 3.01. The lowest BCUT2D eigenvalue weighted by atomic mass is 10.2. The number of piperazine rings is 1. The fraction of sp³-hybridized carbons (Fsp3) is 0.571. The van der Waals surface area contributed by atoms with E-state index < -0.39 is 0 Å². The molecule has 1 aliphatic carbocycles. The zero-order chi connectivity index (χ0) is 18.2. The molecule has 1 aromatic carbocycles. The van der Waals surface area contributed by atoms with E-state index in [-0.39, 0.29) is 24.0 Å². The van der Waals surface area contributed by atoms with E-state index >= 15 is 0 Å². The van der Waals surface area contributed by atoms with Gasteiger partial charge in [-0.05, 0) is 50.4 Å². The molecule has 27 heavy (non-hydrogen) atoms. The quantitative estimate of drug-likeness (QED) is 0.215. The fourth-order valence-electron chi connectivity index (χ4n) is 3.69. The number of aliphatic imine (C=N–C) groups is 1. The van der Waals surface area contributed by atoms with E-state index in [1.807, 2.05) is 7.05 Å². The first-order valence-corrected chi connectivity index (χ1v) is 9.91. The van der Waals surface area contributed by atoms with Crippen molar-refractivity contribution in [3.8, 4) is 0 Å². The minimum absolute atomic E-state index is 0. The van der Waals surface area contributed by atoms with Gasteiger partial charge in [0.25, 0.3) is 0 Å². The normalized spacial score (nSPS) is 18.4. The first-order chi connectivity index (χ1) is 12.7. The highest BCUT2D eigenvalue weighted by Crippen LogP contribution is 2.17. The van der Waals surface area contributed by atoms with Crippen molar-refractivity contribution in [3.05, 3.63) is 42.0 Å². The minimum atomic E-state index is 0. The maximum Gasteiger partial charge on any atom is 0.191 e. The molecule has 0 unspecified atom stereocenters. The van der Waals surface area contributed by atoms with Crippen LogP contribution in [-0.2, 0) is 0 Å². The molecule has 0 spiro atoms. The maximum absolute atomic E-state index is 4.33. The van der Waals surface area contributed by atoms with Crippen molar-refractivity contribution in [2.24, 2.45) is 4.99 Å². The van der Waals surface area contributed by atoms with Gasteiger partial charge < -0.3 is 15.5 Å². The van der Waals surface area contributed by atoms with Crippen molar-refractivity contribution in [3.63, 3.8) is 0 Å². The lowest BCUT2D eigenvalue weighted by molar-refractivity contribution is 0.255. The topological polar surface area (TPSA) is 42.9 Å². The summed E-state index contributed by atoms with van der Waals surface area (Å²) >= 11 is 0. The van der Waals surface area contributed by atoms with Gasteiger partial charge in [-0.2, -0.15) is 0 Å². The molecule has 0 amide bonds. The summed E-state index contributed by atoms with van der Waals surface area (Å²) in [5, 5.41) is 6.94. The van der Waals surface area contributed by atoms with E-state index in [2.05, 4.69) is 68.8 Å². The molecule has 0 saturated carbocycles. The number of hydrogen-bond donors (Lipinski definition) is 2. The number of aryl methyl sites for hydroxylation is 1. The third-order valence-electron chi connectivity index (χ3n) is 5.25. The van der Waals surface area contributed by atoms with Gasteiger partial charge in [0.05, 0.1) is 0 Å². The molecular weight excluding hydrogens is 449 g/mol. The molecule has 1 saturated heterocycles. The largest absolute Gasteiger partial charge is 0.369 e. The Morgan fingerprint density at radius 1 is 1.15 bits per heavy atom. The molecule has 0 bridgehead atoms. The molecule has 1 aromatic rings. The molecule has 6 heteroatoms. The monoisotopic (exact) mass is 483 g/mol. The highest BCUT2D eigenvalue weighted by atomic mass is 127. The van der Waals surface area contributed by atoms with Crippen LogP contribution in [0.5, 0.6) is 0 Å². The Kier molecular flexibility index (Phi) is 9.41. The van der Waals surface area contributed by atoms with Crippen LogP contribution in [0.25, 0.3) is 0 Å². The van der Waals surface area contributed by atoms with Crippen molar-refractivity contribution in [2.75, 3.05) is 51.2 Å². The lowest BCUT2D eigenvalue weighted by Gasteiger charge is -2.36. The smallest absolute Gasteiger partial charge is 0.191 e. The zero-order valence-corrected chi connectivity index (χ0v) is 19.0. The summed E-state index contributed by atoms with van der Waals surface area (Å²) in [4.78, 5) is 9.41. The van der Waals surface area contributed by atoms with Gasteiger partial charge in [0, 0.05) is 51.5 Å². The number of halogens is 1. The molecule has 1 heterocycles. The number of nitrogens with one attached hydrogen (secondary N) is 2. The Bertz CT molecular complexity index is 615. The highest BCUT2D eigenvalue weighted by Gasteiger charge is 2.17. The predicted molar refractivity (Wildman–Crippen MR) is 127 cm³/mol. The molecule has 2 N–H and O–H groups in total. The summed E-state index contributed by atoms with van der Waals surface area (Å²) in [6.07, 6.45) is 7.83. The number of guanidine groups is 1. The van der Waals surface area contributed by atoms with Crippen LogP contribution in [0.1, 0.15) is 24.8 Å². The molecular formula is C21H34IN5. The molecule has 0 atom stereocenters. The maximum atomic E-state index is 4.33. The van der Waals surface area contributed by atoms with Gasteiger partial charge in [-0.3, -0.25) is 9.89 Å². The molecule has 2 aliphatic rings. The Labute approximate surface area is 181 Å². The summed E-state index contributed by atoms with van der Waals surface area (Å²) in [6, 6.07) is 9.35. The number of benzene rings is 1. The van der Waals surface area contributed by atoms with Crippen molar-refractivity contribution < 1.29 is 0 Å². The van der Waals surface area contributed by atoms with Gasteiger partial charge in [0.2, 0.25) is 0 Å². The second-order valence-corrected chi connectivity index (χ2v) is 7.30. The third kappa shape index (κ3) is 6.99. The lowest BCUT2D eigenvalue weighted by Crippen LogP contribution is -2.47. The molecule has 0 aromatic heterocycles. The van der Waals surface area contributed by atoms with Crippen LogP contribution in [-0.4, -0.2) is 63.2 Å². The van der Waals surface area contributed by atoms with Gasteiger partial charge in [-0.25, -0.2) is 0 Å². The summed E-state index contributed by atoms with van der Waals surface area (Å²) in [7, 11) is 1.85. The molecule has 150 valence electrons. The van der Waals surface area contributed by atoms with Crippen LogP contribution in [0.3, 0.4) is 0 Å². The average molecular weight is 483 g/mol. The Balaban J connectivity index is 0.00000261. The standard InChI is InChI=1S/C21H33N5.HI/c1-18-7-5-10-20(17-18)26-15-13-25(14-16-26)12-6-11-23-21(22-2)24-19-8-3-4-9-19;/h3-5,7,10,17,19H,6,8-9,11-16H2,1-2H3,(H2,22,23,24);1H. The summed E-state index contributed by atoms with van der Waals surface area (Å²) in [5.74, 6) is 0.933. The second kappa shape index (κ2) is 11.5. The number of hydrogen-bond acceptors (Lipinski definition) is 3. The second-order valence-electron chi connectivity index (χ2n) is 7.30. The number of nitrogens with zero attached hydrogens (tertiary/aromatic N) is 3. The van der Waals surface area contributed by atoms with Gasteiger partial charge in [0.15, 0.2) is 5.96 Å². The van der Waals surface area contributed by atoms with Crippen LogP contribution < -0.4 is 15.5 Å². The SMILES string of the molecule is CN=C(NCCCN1CCN(c2cccc(C)c2)CC1)NC1CC=CC1.I. The third-order valence-corrected chi connectivity index (χ3v) is 5.25. The summed E-state index contributed by atoms with van der Waals surface area (Å²) in [6.45, 7) is 8.82. The Morgan fingerprint density at radius 2 is 1.89 bits per heavy atom. The van der Waals surface area contributed by atoms with Gasteiger partial charge >= 0.3 is 0 Å². The zero-order valence-electron chi connectivity index (χ0n) is 16.7. The first-order valence-electron chi connectivity index (χ1n) is 9.91. The fourth-order valence-corrected chi connectivity index (χ4v) is 3.69. The Morgan fingerprint density at radius 3 is 2.56 bits per heavy atom. The highest BCUT2D eigenvalue weighted by molar-refractivity contribution is 14.0. The van der Waals surface area contributed by atoms with Crippen molar-refractivity contribution in [2.45, 2.75) is 32.2 Å². The number of rotatable bonds is 6. The molecule has 3 rings (SSSR count). The Hall–Kier alpha value is -1.28. The van der Waals surface area contributed by atoms with Crippen molar-refractivity contribution >= 4 is 35.6 Å². The van der Waals surface area contributed by atoms with Crippen LogP contribution in [0.15, 0.2) is 41.4 Å². The van der Waals surface area contributed by atoms with Gasteiger partial charge in [0.1, 0.15) is 0 Å². The van der Waals surface area contributed by atoms with E-state index in [9.17, 15) is 0 Å². The molecule has 0 radical (unpaired) electrons. The van der Waals surface area contributed by atoms with Crippen LogP contribution in [0.4, 0.5) is 5.69 Å². The van der Waals surface area contributed by atoms with E-state index in [1.54, 1.807) is 0 Å². The molecule has 5 nitrogen and oxygen atoms in total. The van der Waals surface area contributed by atoms with E-state index in [0.717, 1.165) is 64.5 Å². The van der Waals surface area contributed by atoms with E-state index in [4.69, 9.17) is 0 Å². The van der Waals surface area contributed by atoms with E-state index in [0.29, 0.717) is 6.04 Å². The van der Waals surface area contributed by atoms with Crippen LogP contribution in [0.2, 0.25) is 0 Å². The summed E-state index contributed by atoms with van der Waals surface area (Å²) in [5.41, 5.74) is 2.70. The van der Waals surface area contributed by atoms with Gasteiger partial charge in [-0.1, -0.05) is 24.3 Å². The number of anilines is 1. The minimum Gasteiger partial charge on any atom is -0.369 e. The van der Waals surface area contributed by atoms with Crippen molar-refractivity contribution in [1.29, 1.82) is 0 Å². The molecule has 1 aliphatic heterocycles. The first kappa shape index (κ1) is 22.0. The van der Waals surface area contributed by atoms with Crippen LogP contribution in [0, 0.1) is 6.92 Å².